The van der Waals surface area contributed by atoms with Crippen molar-refractivity contribution in [1.29, 1.82) is 0 Å². The first-order valence-electron chi connectivity index (χ1n) is 37.8. The molecule has 0 aliphatic rings. The molecule has 0 fully saturated rings. The van der Waals surface area contributed by atoms with Crippen molar-refractivity contribution < 1.29 is 80.2 Å². The molecule has 0 spiro atoms. The first kappa shape index (κ1) is 89.1. The summed E-state index contributed by atoms with van der Waals surface area (Å²) in [7, 11) is -9.89. The lowest BCUT2D eigenvalue weighted by molar-refractivity contribution is -0.161. The van der Waals surface area contributed by atoms with Crippen molar-refractivity contribution in [2.24, 2.45) is 0 Å². The van der Waals surface area contributed by atoms with E-state index in [1.807, 2.05) is 0 Å². The average Bonchev–Trinajstić information content (AvgIpc) is 3.73. The van der Waals surface area contributed by atoms with Crippen LogP contribution in [0, 0.1) is 0 Å². The Morgan fingerprint density at radius 3 is 0.648 bits per heavy atom. The molecule has 17 nitrogen and oxygen atoms in total. The molecular weight excluding hydrogens is 1200 g/mol. The maximum Gasteiger partial charge on any atom is 0.472 e. The molecule has 540 valence electrons. The Bertz CT molecular complexity index is 1740. The van der Waals surface area contributed by atoms with Crippen LogP contribution in [0.4, 0.5) is 0 Å². The first-order valence-corrected chi connectivity index (χ1v) is 40.8. The van der Waals surface area contributed by atoms with Gasteiger partial charge in [-0.25, -0.2) is 9.13 Å². The third-order valence-corrected chi connectivity index (χ3v) is 18.8. The zero-order valence-corrected chi connectivity index (χ0v) is 60.6. The fraction of sp³-hybridized carbons (Fsp3) is 0.944. The van der Waals surface area contributed by atoms with Crippen LogP contribution in [0.15, 0.2) is 0 Å². The highest BCUT2D eigenvalue weighted by molar-refractivity contribution is 7.47. The van der Waals surface area contributed by atoms with Gasteiger partial charge in [0.05, 0.1) is 26.4 Å². The zero-order valence-electron chi connectivity index (χ0n) is 58.8. The highest BCUT2D eigenvalue weighted by Gasteiger charge is 2.30. The summed E-state index contributed by atoms with van der Waals surface area (Å²) in [5, 5.41) is 10.6. The van der Waals surface area contributed by atoms with Crippen LogP contribution in [0.3, 0.4) is 0 Å². The number of phosphoric ester groups is 2. The summed E-state index contributed by atoms with van der Waals surface area (Å²) in [5.41, 5.74) is 0. The second-order valence-electron chi connectivity index (χ2n) is 26.0. The van der Waals surface area contributed by atoms with Crippen LogP contribution in [-0.2, 0) is 65.4 Å². The van der Waals surface area contributed by atoms with E-state index in [1.54, 1.807) is 0 Å². The number of ether oxygens (including phenoxy) is 4. The number of carbonyl (C=O) groups excluding carboxylic acids is 4. The molecule has 19 heteroatoms. The molecular formula is C72H140O17P2. The molecule has 2 unspecified atom stereocenters. The maximum absolute atomic E-state index is 13.0. The van der Waals surface area contributed by atoms with E-state index in [0.717, 1.165) is 103 Å². The Hall–Kier alpha value is -1.94. The van der Waals surface area contributed by atoms with Gasteiger partial charge in [0.15, 0.2) is 12.2 Å². The molecule has 0 saturated heterocycles. The van der Waals surface area contributed by atoms with Crippen molar-refractivity contribution in [3.63, 3.8) is 0 Å². The second-order valence-corrected chi connectivity index (χ2v) is 28.9. The number of hydrogen-bond acceptors (Lipinski definition) is 15. The van der Waals surface area contributed by atoms with Gasteiger partial charge in [0.1, 0.15) is 19.3 Å². The Balaban J connectivity index is 5.18. The number of unbranched alkanes of at least 4 members (excludes halogenated alkanes) is 47. The van der Waals surface area contributed by atoms with Crippen molar-refractivity contribution in [1.82, 2.24) is 0 Å². The molecule has 0 radical (unpaired) electrons. The Labute approximate surface area is 556 Å². The topological polar surface area (TPSA) is 237 Å². The second kappa shape index (κ2) is 66.7. The quantitative estimate of drug-likeness (QED) is 0.0222. The summed E-state index contributed by atoms with van der Waals surface area (Å²) in [4.78, 5) is 72.5. The van der Waals surface area contributed by atoms with Gasteiger partial charge in [0.25, 0.3) is 0 Å². The smallest absolute Gasteiger partial charge is 0.462 e. The van der Waals surface area contributed by atoms with Crippen LogP contribution in [0.1, 0.15) is 381 Å². The number of aliphatic hydroxyl groups is 1. The van der Waals surface area contributed by atoms with Crippen molar-refractivity contribution >= 4 is 39.5 Å². The summed E-state index contributed by atoms with van der Waals surface area (Å²) in [6.45, 7) is 4.92. The monoisotopic (exact) mass is 1340 g/mol. The summed E-state index contributed by atoms with van der Waals surface area (Å²) in [6.07, 6.45) is 55.6. The number of carbonyl (C=O) groups is 4. The minimum atomic E-state index is -4.95. The van der Waals surface area contributed by atoms with E-state index in [0.29, 0.717) is 25.7 Å². The molecule has 0 saturated carbocycles. The molecule has 0 heterocycles. The van der Waals surface area contributed by atoms with Gasteiger partial charge in [0, 0.05) is 25.7 Å². The molecule has 5 atom stereocenters. The molecule has 91 heavy (non-hydrogen) atoms. The minimum absolute atomic E-state index is 0.107. The van der Waals surface area contributed by atoms with E-state index < -0.39 is 97.5 Å². The molecule has 0 aliphatic heterocycles. The fourth-order valence-electron chi connectivity index (χ4n) is 11.0. The van der Waals surface area contributed by atoms with Crippen LogP contribution in [0.5, 0.6) is 0 Å². The predicted molar refractivity (Wildman–Crippen MR) is 368 cm³/mol. The number of esters is 4. The van der Waals surface area contributed by atoms with E-state index in [1.165, 1.54) is 199 Å². The van der Waals surface area contributed by atoms with E-state index in [9.17, 15) is 43.2 Å². The Kier molecular flexibility index (Phi) is 65.2. The SMILES string of the molecule is CCCCCCCCCCCCCCCCCCCCC(=O)O[C@H](COC(=O)CCCCCCCCCCCCCCCCC)COP(=O)(O)OC[C@@H](O)COP(=O)(O)OC[C@@H](COC(=O)CCCCCCCCC)OC(=O)CCCCCCCCCCCCC. The van der Waals surface area contributed by atoms with E-state index in [4.69, 9.17) is 37.0 Å². The molecule has 0 bridgehead atoms. The predicted octanol–water partition coefficient (Wildman–Crippen LogP) is 21.1. The molecule has 0 aromatic carbocycles. The Morgan fingerprint density at radius 1 is 0.264 bits per heavy atom. The van der Waals surface area contributed by atoms with E-state index in [2.05, 4.69) is 27.7 Å². The van der Waals surface area contributed by atoms with Gasteiger partial charge in [-0.1, -0.05) is 329 Å². The fourth-order valence-corrected chi connectivity index (χ4v) is 12.6. The van der Waals surface area contributed by atoms with Gasteiger partial charge >= 0.3 is 39.5 Å². The summed E-state index contributed by atoms with van der Waals surface area (Å²) >= 11 is 0. The highest BCUT2D eigenvalue weighted by Crippen LogP contribution is 2.45. The standard InChI is InChI=1S/C72H140O17P2/c1-5-9-13-17-21-24-27-29-31-32-33-35-37-40-43-47-51-55-59-72(77)89-68(63-83-70(75)57-53-49-45-41-39-36-34-30-28-25-22-18-14-10-6-2)65-87-91(80,81)85-61-66(73)60-84-90(78,79)86-64-67(62-82-69(74)56-52-48-44-20-16-12-8-4)88-71(76)58-54-50-46-42-38-26-23-19-15-11-7-3/h66-68,73H,5-65H2,1-4H3,(H,78,79)(H,80,81)/t66-,67+,68+/m0/s1. The highest BCUT2D eigenvalue weighted by atomic mass is 31.2. The molecule has 0 aromatic heterocycles. The number of phosphoric acid groups is 2. The van der Waals surface area contributed by atoms with Crippen molar-refractivity contribution in [3.8, 4) is 0 Å². The summed E-state index contributed by atoms with van der Waals surface area (Å²) in [6, 6.07) is 0. The van der Waals surface area contributed by atoms with Gasteiger partial charge in [0.2, 0.25) is 0 Å². The molecule has 0 rings (SSSR count). The number of rotatable bonds is 73. The first-order chi connectivity index (χ1) is 44.2. The van der Waals surface area contributed by atoms with E-state index in [-0.39, 0.29) is 25.7 Å². The van der Waals surface area contributed by atoms with Gasteiger partial charge in [-0.2, -0.15) is 0 Å². The number of aliphatic hydroxyl groups excluding tert-OH is 1. The van der Waals surface area contributed by atoms with Crippen molar-refractivity contribution in [3.05, 3.63) is 0 Å². The minimum Gasteiger partial charge on any atom is -0.462 e. The van der Waals surface area contributed by atoms with E-state index >= 15 is 0 Å². The van der Waals surface area contributed by atoms with Crippen LogP contribution in [0.2, 0.25) is 0 Å². The third-order valence-electron chi connectivity index (χ3n) is 16.9. The normalized spacial score (nSPS) is 14.0. The average molecular weight is 1340 g/mol. The van der Waals surface area contributed by atoms with Crippen molar-refractivity contribution in [2.45, 2.75) is 399 Å². The van der Waals surface area contributed by atoms with Crippen LogP contribution in [0.25, 0.3) is 0 Å². The van der Waals surface area contributed by atoms with Gasteiger partial charge < -0.3 is 33.8 Å². The summed E-state index contributed by atoms with van der Waals surface area (Å²) in [5.74, 6) is -2.12. The molecule has 0 amide bonds. The molecule has 3 N–H and O–H groups in total. The largest absolute Gasteiger partial charge is 0.472 e. The van der Waals surface area contributed by atoms with Crippen molar-refractivity contribution in [2.75, 3.05) is 39.6 Å². The molecule has 0 aliphatic carbocycles. The molecule has 0 aromatic rings. The zero-order chi connectivity index (χ0) is 66.8. The Morgan fingerprint density at radius 2 is 0.440 bits per heavy atom. The lowest BCUT2D eigenvalue weighted by Gasteiger charge is -2.21. The van der Waals surface area contributed by atoms with Gasteiger partial charge in [-0.05, 0) is 25.7 Å². The lowest BCUT2D eigenvalue weighted by atomic mass is 10.0. The van der Waals surface area contributed by atoms with Crippen LogP contribution < -0.4 is 0 Å². The van der Waals surface area contributed by atoms with Gasteiger partial charge in [-0.15, -0.1) is 0 Å². The van der Waals surface area contributed by atoms with Gasteiger partial charge in [-0.3, -0.25) is 37.3 Å². The third kappa shape index (κ3) is 66.5. The number of hydrogen-bond donors (Lipinski definition) is 3. The lowest BCUT2D eigenvalue weighted by Crippen LogP contribution is -2.30. The van der Waals surface area contributed by atoms with Crippen LogP contribution >= 0.6 is 15.6 Å². The summed E-state index contributed by atoms with van der Waals surface area (Å²) < 4.78 is 68.3. The maximum atomic E-state index is 13.0. The van der Waals surface area contributed by atoms with Crippen LogP contribution in [-0.4, -0.2) is 96.7 Å².